The number of fused-ring (bicyclic) bond motifs is 1. The Morgan fingerprint density at radius 1 is 1.53 bits per heavy atom. The largest absolute Gasteiger partial charge is 0.349 e. The van der Waals surface area contributed by atoms with Crippen LogP contribution in [0.4, 0.5) is 0 Å². The molecule has 0 aromatic carbocycles. The molecule has 3 N–H and O–H groups in total. The van der Waals surface area contributed by atoms with Gasteiger partial charge in [0.15, 0.2) is 11.5 Å². The summed E-state index contributed by atoms with van der Waals surface area (Å²) in [6.45, 7) is 2.48. The molecule has 2 aromatic heterocycles. The summed E-state index contributed by atoms with van der Waals surface area (Å²) < 4.78 is 1.84. The zero-order chi connectivity index (χ0) is 12.3. The maximum Gasteiger partial charge on any atom is 0.224 e. The maximum atomic E-state index is 11.6. The number of hydrogen-bond acceptors (Lipinski definition) is 4. The molecule has 0 bridgehead atoms. The molecule has 2 heterocycles. The van der Waals surface area contributed by atoms with Crippen molar-refractivity contribution in [2.45, 2.75) is 13.5 Å². The topological polar surface area (TPSA) is 85.3 Å². The summed E-state index contributed by atoms with van der Waals surface area (Å²) in [5.41, 5.74) is 6.19. The monoisotopic (exact) mass is 233 g/mol. The molecule has 6 nitrogen and oxygen atoms in total. The molecule has 0 fully saturated rings. The van der Waals surface area contributed by atoms with Gasteiger partial charge in [-0.2, -0.15) is 0 Å². The van der Waals surface area contributed by atoms with E-state index in [9.17, 15) is 4.79 Å². The zero-order valence-electron chi connectivity index (χ0n) is 9.63. The molecule has 1 unspecified atom stereocenters. The molecule has 2 rings (SSSR count). The van der Waals surface area contributed by atoms with Gasteiger partial charge in [-0.1, -0.05) is 13.0 Å². The maximum absolute atomic E-state index is 11.6. The predicted molar refractivity (Wildman–Crippen MR) is 63.1 cm³/mol. The van der Waals surface area contributed by atoms with Crippen LogP contribution in [-0.2, 0) is 11.3 Å². The van der Waals surface area contributed by atoms with Gasteiger partial charge in [0.1, 0.15) is 0 Å². The highest BCUT2D eigenvalue weighted by Crippen LogP contribution is 2.02. The first-order valence-corrected chi connectivity index (χ1v) is 5.49. The third-order valence-electron chi connectivity index (χ3n) is 2.61. The van der Waals surface area contributed by atoms with Gasteiger partial charge in [0, 0.05) is 18.7 Å². The van der Waals surface area contributed by atoms with Crippen LogP contribution in [0.25, 0.3) is 5.65 Å². The predicted octanol–water partition coefficient (Wildman–Crippen LogP) is -0.0597. The van der Waals surface area contributed by atoms with Gasteiger partial charge < -0.3 is 11.1 Å². The second-order valence-corrected chi connectivity index (χ2v) is 3.90. The second kappa shape index (κ2) is 4.92. The van der Waals surface area contributed by atoms with Crippen LogP contribution in [0.2, 0.25) is 0 Å². The first kappa shape index (κ1) is 11.5. The molecule has 0 aliphatic rings. The molecular formula is C11H15N5O. The Kier molecular flexibility index (Phi) is 3.34. The van der Waals surface area contributed by atoms with Gasteiger partial charge >= 0.3 is 0 Å². The first-order valence-electron chi connectivity index (χ1n) is 5.49. The molecule has 17 heavy (non-hydrogen) atoms. The lowest BCUT2D eigenvalue weighted by molar-refractivity contribution is -0.124. The molecule has 6 heteroatoms. The lowest BCUT2D eigenvalue weighted by Crippen LogP contribution is -2.33. The van der Waals surface area contributed by atoms with Crippen LogP contribution < -0.4 is 11.1 Å². The lowest BCUT2D eigenvalue weighted by Gasteiger charge is -2.08. The van der Waals surface area contributed by atoms with Crippen molar-refractivity contribution < 1.29 is 4.79 Å². The van der Waals surface area contributed by atoms with Gasteiger partial charge in [-0.05, 0) is 12.1 Å². The third kappa shape index (κ3) is 2.42. The van der Waals surface area contributed by atoms with Gasteiger partial charge in [-0.3, -0.25) is 9.20 Å². The third-order valence-corrected chi connectivity index (χ3v) is 2.61. The highest BCUT2D eigenvalue weighted by molar-refractivity contribution is 5.78. The standard InChI is InChI=1S/C11H15N5O/c1-8(6-12)11(17)13-7-10-15-14-9-4-2-3-5-16(9)10/h2-5,8H,6-7,12H2,1H3,(H,13,17). The summed E-state index contributed by atoms with van der Waals surface area (Å²) >= 11 is 0. The molecule has 0 saturated heterocycles. The van der Waals surface area contributed by atoms with E-state index in [-0.39, 0.29) is 11.8 Å². The van der Waals surface area contributed by atoms with Crippen molar-refractivity contribution in [1.29, 1.82) is 0 Å². The molecule has 0 spiro atoms. The van der Waals surface area contributed by atoms with Crippen LogP contribution in [0.15, 0.2) is 24.4 Å². The van der Waals surface area contributed by atoms with Gasteiger partial charge in [-0.25, -0.2) is 0 Å². The molecule has 2 aromatic rings. The van der Waals surface area contributed by atoms with E-state index in [0.29, 0.717) is 18.9 Å². The summed E-state index contributed by atoms with van der Waals surface area (Å²) in [5, 5.41) is 10.8. The highest BCUT2D eigenvalue weighted by atomic mass is 16.1. The molecule has 0 radical (unpaired) electrons. The Labute approximate surface area is 98.8 Å². The number of nitrogens with two attached hydrogens (primary N) is 1. The van der Waals surface area contributed by atoms with Crippen molar-refractivity contribution in [2.75, 3.05) is 6.54 Å². The molecule has 90 valence electrons. The Morgan fingerprint density at radius 2 is 2.35 bits per heavy atom. The zero-order valence-corrected chi connectivity index (χ0v) is 9.63. The number of aromatic nitrogens is 3. The van der Waals surface area contributed by atoms with E-state index in [1.54, 1.807) is 6.92 Å². The summed E-state index contributed by atoms with van der Waals surface area (Å²) in [4.78, 5) is 11.6. The number of nitrogens with zero attached hydrogens (tertiary/aromatic N) is 3. The fourth-order valence-corrected chi connectivity index (χ4v) is 1.46. The van der Waals surface area contributed by atoms with Gasteiger partial charge in [-0.15, -0.1) is 10.2 Å². The van der Waals surface area contributed by atoms with Crippen molar-refractivity contribution in [1.82, 2.24) is 19.9 Å². The number of rotatable bonds is 4. The molecule has 0 aliphatic carbocycles. The van der Waals surface area contributed by atoms with E-state index >= 15 is 0 Å². The van der Waals surface area contributed by atoms with E-state index in [2.05, 4.69) is 15.5 Å². The minimum Gasteiger partial charge on any atom is -0.349 e. The number of hydrogen-bond donors (Lipinski definition) is 2. The minimum absolute atomic E-state index is 0.0693. The Hall–Kier alpha value is -1.95. The molecule has 0 saturated carbocycles. The van der Waals surface area contributed by atoms with Crippen LogP contribution in [-0.4, -0.2) is 27.0 Å². The number of carbonyl (C=O) groups is 1. The number of nitrogens with one attached hydrogen (secondary N) is 1. The average molecular weight is 233 g/mol. The molecule has 1 amide bonds. The normalized spacial score (nSPS) is 12.6. The van der Waals surface area contributed by atoms with Crippen molar-refractivity contribution in [3.05, 3.63) is 30.2 Å². The molecule has 0 aliphatic heterocycles. The second-order valence-electron chi connectivity index (χ2n) is 3.90. The number of pyridine rings is 1. The summed E-state index contributed by atoms with van der Waals surface area (Å²) in [6, 6.07) is 5.65. The van der Waals surface area contributed by atoms with Crippen molar-refractivity contribution in [3.8, 4) is 0 Å². The average Bonchev–Trinajstić information content (AvgIpc) is 2.78. The van der Waals surface area contributed by atoms with Crippen LogP contribution in [0, 0.1) is 5.92 Å². The van der Waals surface area contributed by atoms with Crippen molar-refractivity contribution >= 4 is 11.6 Å². The van der Waals surface area contributed by atoms with Gasteiger partial charge in [0.2, 0.25) is 5.91 Å². The van der Waals surface area contributed by atoms with Crippen molar-refractivity contribution in [3.63, 3.8) is 0 Å². The minimum atomic E-state index is -0.186. The highest BCUT2D eigenvalue weighted by Gasteiger charge is 2.11. The van der Waals surface area contributed by atoms with E-state index in [0.717, 1.165) is 5.65 Å². The Morgan fingerprint density at radius 3 is 3.12 bits per heavy atom. The smallest absolute Gasteiger partial charge is 0.224 e. The Bertz CT molecular complexity index is 521. The van der Waals surface area contributed by atoms with Crippen LogP contribution >= 0.6 is 0 Å². The van der Waals surface area contributed by atoms with Crippen molar-refractivity contribution in [2.24, 2.45) is 11.7 Å². The fourth-order valence-electron chi connectivity index (χ4n) is 1.46. The van der Waals surface area contributed by atoms with E-state index in [1.807, 2.05) is 28.8 Å². The van der Waals surface area contributed by atoms with Crippen LogP contribution in [0.1, 0.15) is 12.7 Å². The number of carbonyl (C=O) groups excluding carboxylic acids is 1. The Balaban J connectivity index is 2.07. The molecule has 1 atom stereocenters. The summed E-state index contributed by atoms with van der Waals surface area (Å²) in [5.74, 6) is 0.451. The lowest BCUT2D eigenvalue weighted by atomic mass is 10.2. The molecular weight excluding hydrogens is 218 g/mol. The van der Waals surface area contributed by atoms with E-state index < -0.39 is 0 Å². The van der Waals surface area contributed by atoms with Gasteiger partial charge in [0.25, 0.3) is 0 Å². The van der Waals surface area contributed by atoms with E-state index in [1.165, 1.54) is 0 Å². The SMILES string of the molecule is CC(CN)C(=O)NCc1nnc2ccccn12. The summed E-state index contributed by atoms with van der Waals surface area (Å²) in [6.07, 6.45) is 1.86. The quantitative estimate of drug-likeness (QED) is 0.774. The number of amides is 1. The summed E-state index contributed by atoms with van der Waals surface area (Å²) in [7, 11) is 0. The first-order chi connectivity index (χ1) is 8.22. The van der Waals surface area contributed by atoms with Crippen LogP contribution in [0.3, 0.4) is 0 Å². The van der Waals surface area contributed by atoms with E-state index in [4.69, 9.17) is 5.73 Å². The van der Waals surface area contributed by atoms with Gasteiger partial charge in [0.05, 0.1) is 6.54 Å². The fraction of sp³-hybridized carbons (Fsp3) is 0.364. The van der Waals surface area contributed by atoms with Crippen LogP contribution in [0.5, 0.6) is 0 Å².